The molecule has 1 heterocycles. The number of fused-ring (bicyclic) bond motifs is 1. The van der Waals surface area contributed by atoms with Crippen LogP contribution in [-0.4, -0.2) is 17.4 Å². The average Bonchev–Trinajstić information content (AvgIpc) is 2.48. The summed E-state index contributed by atoms with van der Waals surface area (Å²) >= 11 is 0. The summed E-state index contributed by atoms with van der Waals surface area (Å²) < 4.78 is 34.0. The lowest BCUT2D eigenvalue weighted by Crippen LogP contribution is -2.25. The van der Waals surface area contributed by atoms with Crippen LogP contribution in [0.15, 0.2) is 18.2 Å². The van der Waals surface area contributed by atoms with Gasteiger partial charge in [-0.2, -0.15) is 0 Å². The molecule has 0 amide bonds. The van der Waals surface area contributed by atoms with Crippen LogP contribution in [0.25, 0.3) is 0 Å². The molecule has 92 valence electrons. The van der Waals surface area contributed by atoms with E-state index in [0.29, 0.717) is 5.56 Å². The quantitative estimate of drug-likeness (QED) is 0.887. The van der Waals surface area contributed by atoms with Crippen LogP contribution in [0, 0.1) is 0 Å². The van der Waals surface area contributed by atoms with Crippen molar-refractivity contribution >= 4 is 5.97 Å². The van der Waals surface area contributed by atoms with Gasteiger partial charge in [-0.1, -0.05) is 13.0 Å². The third-order valence-electron chi connectivity index (χ3n) is 2.48. The predicted molar refractivity (Wildman–Crippen MR) is 53.3 cm³/mol. The van der Waals surface area contributed by atoms with Crippen molar-refractivity contribution in [2.24, 2.45) is 0 Å². The maximum atomic E-state index is 12.7. The highest BCUT2D eigenvalue weighted by Gasteiger charge is 2.43. The molecule has 1 aliphatic heterocycles. The zero-order valence-corrected chi connectivity index (χ0v) is 8.94. The molecule has 0 bridgehead atoms. The molecule has 1 atom stereocenters. The first-order valence-corrected chi connectivity index (χ1v) is 4.99. The molecule has 0 saturated heterocycles. The van der Waals surface area contributed by atoms with Gasteiger partial charge < -0.3 is 14.6 Å². The molecule has 1 aromatic carbocycles. The van der Waals surface area contributed by atoms with Gasteiger partial charge >= 0.3 is 12.3 Å². The van der Waals surface area contributed by atoms with E-state index in [0.717, 1.165) is 0 Å². The number of hydrogen-bond acceptors (Lipinski definition) is 3. The Bertz CT molecular complexity index is 459. The van der Waals surface area contributed by atoms with Gasteiger partial charge in [-0.05, 0) is 23.6 Å². The smallest absolute Gasteiger partial charge is 0.481 e. The molecule has 0 spiro atoms. The highest BCUT2D eigenvalue weighted by atomic mass is 19.3. The molecule has 1 aliphatic rings. The molecule has 0 aromatic heterocycles. The normalized spacial score (nSPS) is 17.8. The zero-order chi connectivity index (χ0) is 12.6. The van der Waals surface area contributed by atoms with Crippen molar-refractivity contribution < 1.29 is 28.2 Å². The maximum Gasteiger partial charge on any atom is 0.586 e. The largest absolute Gasteiger partial charge is 0.586 e. The van der Waals surface area contributed by atoms with Gasteiger partial charge in [0.25, 0.3) is 0 Å². The lowest BCUT2D eigenvalue weighted by molar-refractivity contribution is -0.286. The fraction of sp³-hybridized carbons (Fsp3) is 0.364. The third-order valence-corrected chi connectivity index (χ3v) is 2.48. The second-order valence-corrected chi connectivity index (χ2v) is 3.87. The number of hydrogen-bond donors (Lipinski definition) is 1. The summed E-state index contributed by atoms with van der Waals surface area (Å²) in [6.07, 6.45) is -3.72. The van der Waals surface area contributed by atoms with Crippen LogP contribution in [0.2, 0.25) is 0 Å². The van der Waals surface area contributed by atoms with Crippen molar-refractivity contribution in [1.82, 2.24) is 0 Å². The van der Waals surface area contributed by atoms with Gasteiger partial charge in [0.2, 0.25) is 0 Å². The fourth-order valence-corrected chi connectivity index (χ4v) is 1.65. The molecule has 1 unspecified atom stereocenters. The van der Waals surface area contributed by atoms with Crippen LogP contribution in [0.3, 0.4) is 0 Å². The number of ether oxygens (including phenoxy) is 2. The van der Waals surface area contributed by atoms with E-state index in [4.69, 9.17) is 5.11 Å². The molecule has 17 heavy (non-hydrogen) atoms. The van der Waals surface area contributed by atoms with Gasteiger partial charge in [-0.15, -0.1) is 8.78 Å². The minimum atomic E-state index is -3.64. The van der Waals surface area contributed by atoms with E-state index < -0.39 is 12.3 Å². The zero-order valence-electron chi connectivity index (χ0n) is 8.94. The molecule has 0 saturated carbocycles. The highest BCUT2D eigenvalue weighted by Crippen LogP contribution is 2.42. The summed E-state index contributed by atoms with van der Waals surface area (Å²) in [6, 6.07) is 4.28. The molecular weight excluding hydrogens is 234 g/mol. The SMILES string of the molecule is CC(CC(=O)O)c1ccc2c(c1)OC(F)(F)O2. The monoisotopic (exact) mass is 244 g/mol. The minimum absolute atomic E-state index is 0.0405. The van der Waals surface area contributed by atoms with Gasteiger partial charge in [0, 0.05) is 0 Å². The first-order chi connectivity index (χ1) is 7.87. The number of carboxylic acid groups (broad SMARTS) is 1. The van der Waals surface area contributed by atoms with Crippen molar-refractivity contribution in [2.75, 3.05) is 0 Å². The van der Waals surface area contributed by atoms with E-state index >= 15 is 0 Å². The van der Waals surface area contributed by atoms with Crippen LogP contribution < -0.4 is 9.47 Å². The molecule has 1 aromatic rings. The van der Waals surface area contributed by atoms with Crippen LogP contribution in [0.5, 0.6) is 11.5 Å². The fourth-order valence-electron chi connectivity index (χ4n) is 1.65. The van der Waals surface area contributed by atoms with E-state index in [1.807, 2.05) is 0 Å². The topological polar surface area (TPSA) is 55.8 Å². The molecule has 0 radical (unpaired) electrons. The Morgan fingerprint density at radius 3 is 2.71 bits per heavy atom. The van der Waals surface area contributed by atoms with Crippen molar-refractivity contribution in [1.29, 1.82) is 0 Å². The number of carbonyl (C=O) groups is 1. The van der Waals surface area contributed by atoms with Gasteiger partial charge in [-0.25, -0.2) is 0 Å². The van der Waals surface area contributed by atoms with Gasteiger partial charge in [0.05, 0.1) is 6.42 Å². The lowest BCUT2D eigenvalue weighted by Gasteiger charge is -2.09. The number of rotatable bonds is 3. The number of carboxylic acids is 1. The van der Waals surface area contributed by atoms with Gasteiger partial charge in [0.15, 0.2) is 11.5 Å². The molecule has 1 N–H and O–H groups in total. The Hall–Kier alpha value is -1.85. The summed E-state index contributed by atoms with van der Waals surface area (Å²) in [7, 11) is 0. The lowest BCUT2D eigenvalue weighted by atomic mass is 9.97. The predicted octanol–water partition coefficient (Wildman–Crippen LogP) is 2.59. The molecule has 0 aliphatic carbocycles. The second kappa shape index (κ2) is 3.87. The van der Waals surface area contributed by atoms with Gasteiger partial charge in [-0.3, -0.25) is 4.79 Å². The average molecular weight is 244 g/mol. The van der Waals surface area contributed by atoms with Crippen molar-refractivity contribution in [2.45, 2.75) is 25.6 Å². The van der Waals surface area contributed by atoms with E-state index in [9.17, 15) is 13.6 Å². The first kappa shape index (κ1) is 11.6. The van der Waals surface area contributed by atoms with Crippen molar-refractivity contribution in [3.05, 3.63) is 23.8 Å². The summed E-state index contributed by atoms with van der Waals surface area (Å²) in [5.41, 5.74) is 0.618. The van der Waals surface area contributed by atoms with Crippen LogP contribution in [0.4, 0.5) is 8.78 Å². The minimum Gasteiger partial charge on any atom is -0.481 e. The van der Waals surface area contributed by atoms with Crippen LogP contribution in [0.1, 0.15) is 24.8 Å². The van der Waals surface area contributed by atoms with Gasteiger partial charge in [0.1, 0.15) is 0 Å². The summed E-state index contributed by atoms with van der Waals surface area (Å²) in [4.78, 5) is 10.5. The number of halogens is 2. The number of aliphatic carboxylic acids is 1. The van der Waals surface area contributed by atoms with Crippen molar-refractivity contribution in [3.8, 4) is 11.5 Å². The standard InChI is InChI=1S/C11H10F2O4/c1-6(4-10(14)15)7-2-3-8-9(5-7)17-11(12,13)16-8/h2-3,5-6H,4H2,1H3,(H,14,15). The highest BCUT2D eigenvalue weighted by molar-refractivity contribution is 5.68. The Morgan fingerprint density at radius 2 is 2.06 bits per heavy atom. The van der Waals surface area contributed by atoms with Crippen LogP contribution >= 0.6 is 0 Å². The Kier molecular flexibility index (Phi) is 2.65. The Balaban J connectivity index is 2.21. The molecule has 0 fully saturated rings. The van der Waals surface area contributed by atoms with Crippen molar-refractivity contribution in [3.63, 3.8) is 0 Å². The van der Waals surface area contributed by atoms with E-state index in [-0.39, 0.29) is 23.8 Å². The second-order valence-electron chi connectivity index (χ2n) is 3.87. The summed E-state index contributed by atoms with van der Waals surface area (Å²) in [5, 5.41) is 8.65. The van der Waals surface area contributed by atoms with E-state index in [1.54, 1.807) is 13.0 Å². The summed E-state index contributed by atoms with van der Waals surface area (Å²) in [5.74, 6) is -1.33. The Morgan fingerprint density at radius 1 is 1.41 bits per heavy atom. The van der Waals surface area contributed by atoms with E-state index in [1.165, 1.54) is 12.1 Å². The van der Waals surface area contributed by atoms with E-state index in [2.05, 4.69) is 9.47 Å². The molecular formula is C11H10F2O4. The summed E-state index contributed by atoms with van der Waals surface area (Å²) in [6.45, 7) is 1.70. The molecule has 4 nitrogen and oxygen atoms in total. The Labute approximate surface area is 95.8 Å². The number of benzene rings is 1. The first-order valence-electron chi connectivity index (χ1n) is 4.99. The van der Waals surface area contributed by atoms with Crippen LogP contribution in [-0.2, 0) is 4.79 Å². The third kappa shape index (κ3) is 2.46. The molecule has 2 rings (SSSR count). The number of alkyl halides is 2. The maximum absolute atomic E-state index is 12.7. The molecule has 6 heteroatoms.